The summed E-state index contributed by atoms with van der Waals surface area (Å²) in [5, 5.41) is 20.7. The maximum Gasteiger partial charge on any atom is 0.234 e. The molecular weight excluding hydrogens is 388 g/mol. The Morgan fingerprint density at radius 1 is 0.867 bits per heavy atom. The van der Waals surface area contributed by atoms with Crippen LogP contribution in [0.1, 0.15) is 0 Å². The number of hydrogen-bond donors (Lipinski definition) is 2. The number of rotatable bonds is 5. The van der Waals surface area contributed by atoms with E-state index in [1.54, 1.807) is 49.6 Å². The highest BCUT2D eigenvalue weighted by molar-refractivity contribution is 5.88. The van der Waals surface area contributed by atoms with Gasteiger partial charge in [0.25, 0.3) is 0 Å². The molecule has 1 unspecified atom stereocenters. The number of ether oxygens (including phenoxy) is 5. The Morgan fingerprint density at radius 3 is 2.27 bits per heavy atom. The summed E-state index contributed by atoms with van der Waals surface area (Å²) in [5.74, 6) is 1.93. The van der Waals surface area contributed by atoms with Gasteiger partial charge >= 0.3 is 0 Å². The summed E-state index contributed by atoms with van der Waals surface area (Å²) in [6, 6.07) is 13.7. The van der Waals surface area contributed by atoms with Gasteiger partial charge in [-0.05, 0) is 41.5 Å². The summed E-state index contributed by atoms with van der Waals surface area (Å²) in [4.78, 5) is 0. The van der Waals surface area contributed by atoms with E-state index in [1.807, 2.05) is 6.07 Å². The van der Waals surface area contributed by atoms with Gasteiger partial charge in [0.05, 0.1) is 19.8 Å². The lowest BCUT2D eigenvalue weighted by molar-refractivity contribution is -0.0942. The van der Waals surface area contributed by atoms with E-state index in [2.05, 4.69) is 0 Å². The van der Waals surface area contributed by atoms with Crippen molar-refractivity contribution in [1.29, 1.82) is 0 Å². The van der Waals surface area contributed by atoms with Crippen LogP contribution in [-0.4, -0.2) is 44.4 Å². The number of hydrogen-bond acceptors (Lipinski definition) is 7. The van der Waals surface area contributed by atoms with Crippen molar-refractivity contribution < 1.29 is 33.9 Å². The molecule has 4 rings (SSSR count). The molecule has 1 aliphatic heterocycles. The van der Waals surface area contributed by atoms with Crippen LogP contribution in [0.25, 0.3) is 22.3 Å². The van der Waals surface area contributed by atoms with Gasteiger partial charge in [-0.2, -0.15) is 0 Å². The molecule has 0 fully saturated rings. The molecule has 7 nitrogen and oxygen atoms in total. The summed E-state index contributed by atoms with van der Waals surface area (Å²) >= 11 is 0. The first-order valence-electron chi connectivity index (χ1n) is 9.29. The molecule has 0 saturated heterocycles. The lowest BCUT2D eigenvalue weighted by Gasteiger charge is -2.26. The van der Waals surface area contributed by atoms with Crippen LogP contribution in [0.15, 0.2) is 48.5 Å². The second-order valence-corrected chi connectivity index (χ2v) is 6.69. The summed E-state index contributed by atoms with van der Waals surface area (Å²) in [5.41, 5.74) is 2.52. The number of aromatic hydroxyl groups is 2. The second kappa shape index (κ2) is 8.04. The molecule has 3 aromatic carbocycles. The third-order valence-corrected chi connectivity index (χ3v) is 4.95. The van der Waals surface area contributed by atoms with Crippen LogP contribution in [0.4, 0.5) is 0 Å². The first-order valence-corrected chi connectivity index (χ1v) is 9.29. The Hall–Kier alpha value is -3.58. The van der Waals surface area contributed by atoms with E-state index in [4.69, 9.17) is 23.7 Å². The summed E-state index contributed by atoms with van der Waals surface area (Å²) in [6.45, 7) is 0.298. The maximum atomic E-state index is 11.1. The first-order chi connectivity index (χ1) is 14.5. The molecule has 156 valence electrons. The second-order valence-electron chi connectivity index (χ2n) is 6.69. The average Bonchev–Trinajstić information content (AvgIpc) is 2.78. The van der Waals surface area contributed by atoms with E-state index in [0.29, 0.717) is 46.3 Å². The van der Waals surface area contributed by atoms with E-state index in [9.17, 15) is 10.2 Å². The van der Waals surface area contributed by atoms with Crippen LogP contribution < -0.4 is 18.9 Å². The molecule has 1 heterocycles. The highest BCUT2D eigenvalue weighted by Crippen LogP contribution is 2.50. The molecule has 0 aromatic heterocycles. The van der Waals surface area contributed by atoms with Gasteiger partial charge in [0.2, 0.25) is 6.29 Å². The van der Waals surface area contributed by atoms with E-state index < -0.39 is 6.29 Å². The van der Waals surface area contributed by atoms with Crippen molar-refractivity contribution in [2.45, 2.75) is 6.29 Å². The molecular formula is C23H22O7. The molecule has 30 heavy (non-hydrogen) atoms. The minimum Gasteiger partial charge on any atom is -0.508 e. The van der Waals surface area contributed by atoms with Gasteiger partial charge in [-0.1, -0.05) is 18.2 Å². The maximum absolute atomic E-state index is 11.1. The van der Waals surface area contributed by atoms with Crippen molar-refractivity contribution in [2.75, 3.05) is 27.9 Å². The molecule has 7 heteroatoms. The zero-order valence-corrected chi connectivity index (χ0v) is 16.8. The van der Waals surface area contributed by atoms with Crippen molar-refractivity contribution in [1.82, 2.24) is 0 Å². The van der Waals surface area contributed by atoms with Gasteiger partial charge in [0.15, 0.2) is 29.6 Å². The van der Waals surface area contributed by atoms with Gasteiger partial charge in [-0.3, -0.25) is 0 Å². The summed E-state index contributed by atoms with van der Waals surface area (Å²) in [7, 11) is 4.57. The number of fused-ring (bicyclic) bond motifs is 1. The highest BCUT2D eigenvalue weighted by Gasteiger charge is 2.25. The van der Waals surface area contributed by atoms with Crippen molar-refractivity contribution >= 4 is 0 Å². The third kappa shape index (κ3) is 3.44. The number of phenols is 2. The molecule has 0 saturated carbocycles. The first kappa shape index (κ1) is 19.7. The Kier molecular flexibility index (Phi) is 5.29. The minimum atomic E-state index is -0.505. The Labute approximate surface area is 174 Å². The van der Waals surface area contributed by atoms with E-state index in [1.165, 1.54) is 14.2 Å². The quantitative estimate of drug-likeness (QED) is 0.652. The molecule has 0 amide bonds. The number of phenolic OH excluding ortho intramolecular Hbond substituents is 2. The standard InChI is InChI=1S/C23H22O7/c1-26-19-11-16(13-4-7-15(24)8-5-13)23(28-3)22(25)21(19)14-6-9-17-18(10-14)30-20(27-2)12-29-17/h4-11,20,24-25H,12H2,1-3H3. The Bertz CT molecular complexity index is 1060. The normalized spacial score (nSPS) is 15.0. The van der Waals surface area contributed by atoms with E-state index >= 15 is 0 Å². The smallest absolute Gasteiger partial charge is 0.234 e. The van der Waals surface area contributed by atoms with Crippen molar-refractivity contribution in [3.63, 3.8) is 0 Å². The minimum absolute atomic E-state index is 0.0695. The third-order valence-electron chi connectivity index (χ3n) is 4.95. The molecule has 0 bridgehead atoms. The van der Waals surface area contributed by atoms with Gasteiger partial charge < -0.3 is 33.9 Å². The van der Waals surface area contributed by atoms with Crippen molar-refractivity contribution in [3.8, 4) is 56.8 Å². The van der Waals surface area contributed by atoms with Gasteiger partial charge in [0.1, 0.15) is 11.5 Å². The zero-order chi connectivity index (χ0) is 21.3. The van der Waals surface area contributed by atoms with Crippen LogP contribution >= 0.6 is 0 Å². The highest BCUT2D eigenvalue weighted by atomic mass is 16.7. The monoisotopic (exact) mass is 410 g/mol. The average molecular weight is 410 g/mol. The van der Waals surface area contributed by atoms with E-state index in [-0.39, 0.29) is 11.5 Å². The lowest BCUT2D eigenvalue weighted by atomic mass is 9.96. The van der Waals surface area contributed by atoms with Crippen LogP contribution in [0.3, 0.4) is 0 Å². The Morgan fingerprint density at radius 2 is 1.60 bits per heavy atom. The number of benzene rings is 3. The van der Waals surface area contributed by atoms with Gasteiger partial charge in [-0.25, -0.2) is 0 Å². The predicted octanol–water partition coefficient (Wildman–Crippen LogP) is 4.19. The molecule has 0 aliphatic carbocycles. The van der Waals surface area contributed by atoms with Gasteiger partial charge in [0, 0.05) is 12.7 Å². The fourth-order valence-electron chi connectivity index (χ4n) is 3.45. The van der Waals surface area contributed by atoms with Crippen LogP contribution in [0, 0.1) is 0 Å². The molecule has 2 N–H and O–H groups in total. The van der Waals surface area contributed by atoms with Gasteiger partial charge in [-0.15, -0.1) is 0 Å². The lowest BCUT2D eigenvalue weighted by Crippen LogP contribution is -2.30. The molecule has 1 aliphatic rings. The predicted molar refractivity (Wildman–Crippen MR) is 111 cm³/mol. The molecule has 0 radical (unpaired) electrons. The van der Waals surface area contributed by atoms with Crippen LogP contribution in [0.5, 0.6) is 34.5 Å². The number of methoxy groups -OCH3 is 3. The zero-order valence-electron chi connectivity index (χ0n) is 16.8. The largest absolute Gasteiger partial charge is 0.508 e. The summed E-state index contributed by atoms with van der Waals surface area (Å²) in [6.07, 6.45) is -0.505. The molecule has 0 spiro atoms. The molecule has 1 atom stereocenters. The SMILES string of the molecule is COc1cc(-c2ccc(O)cc2)c(OC)c(O)c1-c1ccc2c(c1)OC(OC)CO2. The van der Waals surface area contributed by atoms with Crippen molar-refractivity contribution in [2.24, 2.45) is 0 Å². The fourth-order valence-corrected chi connectivity index (χ4v) is 3.45. The summed E-state index contributed by atoms with van der Waals surface area (Å²) < 4.78 is 27.8. The topological polar surface area (TPSA) is 86.6 Å². The van der Waals surface area contributed by atoms with E-state index in [0.717, 1.165) is 5.56 Å². The molecule has 3 aromatic rings. The van der Waals surface area contributed by atoms with Crippen LogP contribution in [0.2, 0.25) is 0 Å². The fraction of sp³-hybridized carbons (Fsp3) is 0.217. The van der Waals surface area contributed by atoms with Crippen LogP contribution in [-0.2, 0) is 4.74 Å². The van der Waals surface area contributed by atoms with Crippen molar-refractivity contribution in [3.05, 3.63) is 48.5 Å². The Balaban J connectivity index is 1.86.